The van der Waals surface area contributed by atoms with Crippen molar-refractivity contribution in [3.05, 3.63) is 12.2 Å². The number of phosphoric acid groups is 1. The molecule has 0 fully saturated rings. The fraction of sp³-hybridized carbons (Fsp3) is 0.944. The second-order valence-electron chi connectivity index (χ2n) is 19.2. The van der Waals surface area contributed by atoms with Crippen LogP contribution in [0, 0.1) is 0 Å². The van der Waals surface area contributed by atoms with Crippen LogP contribution in [0.5, 0.6) is 0 Å². The molecule has 0 radical (unpaired) electrons. The van der Waals surface area contributed by atoms with Crippen molar-refractivity contribution in [2.45, 2.75) is 309 Å². The highest BCUT2D eigenvalue weighted by Gasteiger charge is 2.27. The van der Waals surface area contributed by atoms with Gasteiger partial charge in [-0.2, -0.15) is 0 Å². The molecule has 5 N–H and O–H groups in total. The van der Waals surface area contributed by atoms with Gasteiger partial charge in [0.25, 0.3) is 0 Å². The van der Waals surface area contributed by atoms with Crippen LogP contribution in [-0.4, -0.2) is 47.8 Å². The highest BCUT2D eigenvalue weighted by molar-refractivity contribution is 7.47. The van der Waals surface area contributed by atoms with Crippen LogP contribution in [0.1, 0.15) is 296 Å². The number of carbonyl (C=O) groups excluding carboxylic acids is 1. The molecule has 0 aliphatic heterocycles. The molecule has 0 aromatic heterocycles. The molecule has 0 saturated carbocycles. The molecule has 8 nitrogen and oxygen atoms in total. The normalized spacial score (nSPS) is 13.8. The van der Waals surface area contributed by atoms with Gasteiger partial charge in [0, 0.05) is 13.0 Å². The molecule has 0 aromatic carbocycles. The molecule has 376 valence electrons. The fourth-order valence-electron chi connectivity index (χ4n) is 8.67. The van der Waals surface area contributed by atoms with E-state index in [9.17, 15) is 19.4 Å². The number of carbonyl (C=O) groups is 1. The van der Waals surface area contributed by atoms with Crippen molar-refractivity contribution in [1.82, 2.24) is 5.32 Å². The molecule has 0 aliphatic carbocycles. The van der Waals surface area contributed by atoms with Crippen molar-refractivity contribution in [2.75, 3.05) is 19.8 Å². The standard InChI is InChI=1S/C54H109N2O6P/c1-3-5-7-9-11-13-15-17-19-21-22-23-24-25-26-27-28-29-30-31-32-34-36-38-40-42-44-46-48-54(58)56-52(51-62-63(59,60)61-50-49-55)53(57)47-45-43-41-39-37-35-33-20-18-16-14-12-10-8-6-4-2/h45,47,52-53,57H,3-44,46,48-51,55H2,1-2H3,(H,56,58)(H,59,60)/b47-45+/t52-,53+/m0/s1. The summed E-state index contributed by atoms with van der Waals surface area (Å²) in [4.78, 5) is 22.8. The molecule has 0 bridgehead atoms. The second-order valence-corrected chi connectivity index (χ2v) is 20.6. The van der Waals surface area contributed by atoms with E-state index in [0.717, 1.165) is 38.5 Å². The largest absolute Gasteiger partial charge is 0.472 e. The van der Waals surface area contributed by atoms with Gasteiger partial charge in [0.15, 0.2) is 0 Å². The number of nitrogens with two attached hydrogens (primary N) is 1. The molecule has 0 aromatic rings. The number of unbranched alkanes of at least 4 members (excludes halogenated alkanes) is 41. The Bertz CT molecular complexity index is 999. The summed E-state index contributed by atoms with van der Waals surface area (Å²) in [7, 11) is -4.34. The number of rotatable bonds is 53. The van der Waals surface area contributed by atoms with Crippen molar-refractivity contribution in [3.63, 3.8) is 0 Å². The van der Waals surface area contributed by atoms with Crippen LogP contribution in [0.4, 0.5) is 0 Å². The minimum absolute atomic E-state index is 0.0817. The second kappa shape index (κ2) is 50.6. The summed E-state index contributed by atoms with van der Waals surface area (Å²) in [6.07, 6.45) is 60.1. The van der Waals surface area contributed by atoms with Gasteiger partial charge in [-0.1, -0.05) is 283 Å². The summed E-state index contributed by atoms with van der Waals surface area (Å²) in [5.74, 6) is -0.187. The van der Waals surface area contributed by atoms with Crippen LogP contribution in [0.15, 0.2) is 12.2 Å². The van der Waals surface area contributed by atoms with E-state index in [2.05, 4.69) is 19.2 Å². The van der Waals surface area contributed by atoms with E-state index in [4.69, 9.17) is 14.8 Å². The summed E-state index contributed by atoms with van der Waals surface area (Å²) >= 11 is 0. The van der Waals surface area contributed by atoms with E-state index in [1.807, 2.05) is 6.08 Å². The summed E-state index contributed by atoms with van der Waals surface area (Å²) in [6, 6.07) is -0.856. The van der Waals surface area contributed by atoms with Gasteiger partial charge in [0.05, 0.1) is 25.4 Å². The number of hydrogen-bond donors (Lipinski definition) is 4. The Balaban J connectivity index is 3.92. The quantitative estimate of drug-likeness (QED) is 0.0271. The summed E-state index contributed by atoms with van der Waals surface area (Å²) in [6.45, 7) is 4.19. The summed E-state index contributed by atoms with van der Waals surface area (Å²) in [5, 5.41) is 13.8. The lowest BCUT2D eigenvalue weighted by atomic mass is 10.0. The van der Waals surface area contributed by atoms with Gasteiger partial charge in [0.1, 0.15) is 0 Å². The highest BCUT2D eigenvalue weighted by atomic mass is 31.2. The van der Waals surface area contributed by atoms with E-state index < -0.39 is 20.0 Å². The van der Waals surface area contributed by atoms with Crippen LogP contribution in [0.25, 0.3) is 0 Å². The maximum absolute atomic E-state index is 12.8. The number of nitrogens with one attached hydrogen (secondary N) is 1. The van der Waals surface area contributed by atoms with Crippen molar-refractivity contribution in [2.24, 2.45) is 5.73 Å². The van der Waals surface area contributed by atoms with Crippen molar-refractivity contribution < 1.29 is 28.4 Å². The smallest absolute Gasteiger partial charge is 0.387 e. The maximum atomic E-state index is 12.8. The molecule has 63 heavy (non-hydrogen) atoms. The average molecular weight is 913 g/mol. The molecular weight excluding hydrogens is 804 g/mol. The van der Waals surface area contributed by atoms with Gasteiger partial charge in [-0.3, -0.25) is 13.8 Å². The van der Waals surface area contributed by atoms with Gasteiger partial charge < -0.3 is 21.1 Å². The van der Waals surface area contributed by atoms with E-state index in [1.165, 1.54) is 238 Å². The Kier molecular flexibility index (Phi) is 50.0. The molecular formula is C54H109N2O6P. The van der Waals surface area contributed by atoms with Crippen molar-refractivity contribution >= 4 is 13.7 Å². The molecule has 9 heteroatoms. The average Bonchev–Trinajstić information content (AvgIpc) is 3.27. The Morgan fingerprint density at radius 1 is 0.508 bits per heavy atom. The lowest BCUT2D eigenvalue weighted by Crippen LogP contribution is -2.45. The monoisotopic (exact) mass is 913 g/mol. The zero-order chi connectivity index (χ0) is 46.0. The Labute approximate surface area is 392 Å². The molecule has 0 rings (SSSR count). The number of hydrogen-bond acceptors (Lipinski definition) is 6. The molecule has 1 unspecified atom stereocenters. The maximum Gasteiger partial charge on any atom is 0.472 e. The third kappa shape index (κ3) is 49.0. The predicted molar refractivity (Wildman–Crippen MR) is 272 cm³/mol. The third-order valence-corrected chi connectivity index (χ3v) is 13.8. The van der Waals surface area contributed by atoms with Crippen LogP contribution in [0.3, 0.4) is 0 Å². The first-order valence-corrected chi connectivity index (χ1v) is 29.3. The zero-order valence-electron chi connectivity index (χ0n) is 42.1. The van der Waals surface area contributed by atoms with Gasteiger partial charge in [-0.05, 0) is 19.3 Å². The van der Waals surface area contributed by atoms with Crippen LogP contribution in [0.2, 0.25) is 0 Å². The van der Waals surface area contributed by atoms with E-state index in [0.29, 0.717) is 6.42 Å². The first-order chi connectivity index (χ1) is 30.9. The summed E-state index contributed by atoms with van der Waals surface area (Å²) in [5.41, 5.74) is 5.40. The lowest BCUT2D eigenvalue weighted by Gasteiger charge is -2.23. The topological polar surface area (TPSA) is 131 Å². The predicted octanol–water partition coefficient (Wildman–Crippen LogP) is 16.7. The Morgan fingerprint density at radius 3 is 1.13 bits per heavy atom. The number of aliphatic hydroxyl groups is 1. The van der Waals surface area contributed by atoms with Crippen LogP contribution in [-0.2, 0) is 18.4 Å². The first kappa shape index (κ1) is 62.2. The van der Waals surface area contributed by atoms with Crippen LogP contribution >= 0.6 is 7.82 Å². The molecule has 0 heterocycles. The number of allylic oxidation sites excluding steroid dienone is 1. The third-order valence-electron chi connectivity index (χ3n) is 12.9. The molecule has 0 aliphatic rings. The van der Waals surface area contributed by atoms with E-state index >= 15 is 0 Å². The highest BCUT2D eigenvalue weighted by Crippen LogP contribution is 2.43. The van der Waals surface area contributed by atoms with Gasteiger partial charge in [-0.25, -0.2) is 4.57 Å². The van der Waals surface area contributed by atoms with E-state index in [1.54, 1.807) is 6.08 Å². The fourth-order valence-corrected chi connectivity index (χ4v) is 9.43. The molecule has 1 amide bonds. The van der Waals surface area contributed by atoms with Crippen molar-refractivity contribution in [1.29, 1.82) is 0 Å². The number of phosphoric ester groups is 1. The Morgan fingerprint density at radius 2 is 0.810 bits per heavy atom. The SMILES string of the molecule is CCCCCCCCCCCCCCCC/C=C/[C@@H](O)[C@H](COP(=O)(O)OCCN)NC(=O)CCCCCCCCCCCCCCCCCCCCCCCCCCCCCC. The first-order valence-electron chi connectivity index (χ1n) is 27.8. The van der Waals surface area contributed by atoms with Gasteiger partial charge in [0.2, 0.25) is 5.91 Å². The minimum Gasteiger partial charge on any atom is -0.387 e. The summed E-state index contributed by atoms with van der Waals surface area (Å²) < 4.78 is 22.2. The zero-order valence-corrected chi connectivity index (χ0v) is 43.0. The van der Waals surface area contributed by atoms with Crippen LogP contribution < -0.4 is 11.1 Å². The number of aliphatic hydroxyl groups excluding tert-OH is 1. The van der Waals surface area contributed by atoms with Gasteiger partial charge >= 0.3 is 7.82 Å². The lowest BCUT2D eigenvalue weighted by molar-refractivity contribution is -0.123. The van der Waals surface area contributed by atoms with Crippen molar-refractivity contribution in [3.8, 4) is 0 Å². The Hall–Kier alpha value is -0.760. The molecule has 0 saturated heterocycles. The van der Waals surface area contributed by atoms with Gasteiger partial charge in [-0.15, -0.1) is 0 Å². The molecule has 0 spiro atoms. The molecule has 3 atom stereocenters. The number of amides is 1. The van der Waals surface area contributed by atoms with E-state index in [-0.39, 0.29) is 25.7 Å². The minimum atomic E-state index is -4.34.